The van der Waals surface area contributed by atoms with Crippen molar-refractivity contribution in [2.75, 3.05) is 32.7 Å². The van der Waals surface area contributed by atoms with Gasteiger partial charge in [-0.05, 0) is 44.0 Å². The molecular weight excluding hydrogens is 345 g/mol. The fourth-order valence-corrected chi connectivity index (χ4v) is 5.04. The number of nitrogens with zero attached hydrogens (tertiary/aromatic N) is 2. The van der Waals surface area contributed by atoms with E-state index in [0.717, 1.165) is 25.2 Å². The fourth-order valence-electron chi connectivity index (χ4n) is 3.52. The van der Waals surface area contributed by atoms with Crippen molar-refractivity contribution in [2.45, 2.75) is 30.7 Å². The second kappa shape index (κ2) is 7.39. The molecule has 0 saturated carbocycles. The number of piperazine rings is 1. The predicted octanol–water partition coefficient (Wildman–Crippen LogP) is 1.05. The molecule has 1 amide bonds. The molecular formula is C17H24FN3O3S. The van der Waals surface area contributed by atoms with Crippen molar-refractivity contribution in [1.82, 2.24) is 14.5 Å². The monoisotopic (exact) mass is 369 g/mol. The molecule has 1 unspecified atom stereocenters. The second-order valence-corrected chi connectivity index (χ2v) is 8.68. The van der Waals surface area contributed by atoms with Gasteiger partial charge in [-0.3, -0.25) is 4.79 Å². The molecule has 2 heterocycles. The third kappa shape index (κ3) is 3.86. The number of benzene rings is 1. The summed E-state index contributed by atoms with van der Waals surface area (Å²) in [6, 6.07) is 4.94. The van der Waals surface area contributed by atoms with Gasteiger partial charge in [0.2, 0.25) is 15.9 Å². The van der Waals surface area contributed by atoms with Gasteiger partial charge < -0.3 is 10.2 Å². The maximum absolute atomic E-state index is 13.1. The van der Waals surface area contributed by atoms with Gasteiger partial charge in [0, 0.05) is 38.8 Å². The van der Waals surface area contributed by atoms with Crippen LogP contribution in [0.1, 0.15) is 19.8 Å². The molecule has 0 aliphatic carbocycles. The average Bonchev–Trinajstić information content (AvgIpc) is 2.62. The summed E-state index contributed by atoms with van der Waals surface area (Å²) in [5.74, 6) is -0.754. The summed E-state index contributed by atoms with van der Waals surface area (Å²) in [4.78, 5) is 14.8. The molecule has 25 heavy (non-hydrogen) atoms. The van der Waals surface area contributed by atoms with Crippen LogP contribution in [0.25, 0.3) is 0 Å². The number of nitrogens with one attached hydrogen (secondary N) is 1. The number of hydrogen-bond donors (Lipinski definition) is 1. The van der Waals surface area contributed by atoms with E-state index in [2.05, 4.69) is 5.32 Å². The van der Waals surface area contributed by atoms with Crippen LogP contribution in [0.4, 0.5) is 4.39 Å². The molecule has 138 valence electrons. The van der Waals surface area contributed by atoms with Gasteiger partial charge in [0.15, 0.2) is 0 Å². The summed E-state index contributed by atoms with van der Waals surface area (Å²) in [6.07, 6.45) is 1.35. The quantitative estimate of drug-likeness (QED) is 0.865. The van der Waals surface area contributed by atoms with Crippen LogP contribution < -0.4 is 5.32 Å². The Morgan fingerprint density at radius 3 is 2.64 bits per heavy atom. The molecule has 1 N–H and O–H groups in total. The van der Waals surface area contributed by atoms with Gasteiger partial charge in [0.1, 0.15) is 5.82 Å². The molecule has 8 heteroatoms. The number of sulfonamides is 1. The summed E-state index contributed by atoms with van der Waals surface area (Å²) >= 11 is 0. The maximum atomic E-state index is 13.1. The van der Waals surface area contributed by atoms with Crippen LogP contribution in [0.3, 0.4) is 0 Å². The third-order valence-corrected chi connectivity index (χ3v) is 6.85. The Labute approximate surface area is 148 Å². The highest BCUT2D eigenvalue weighted by Crippen LogP contribution is 2.26. The van der Waals surface area contributed by atoms with Gasteiger partial charge in [-0.1, -0.05) is 0 Å². The van der Waals surface area contributed by atoms with Crippen molar-refractivity contribution < 1.29 is 17.6 Å². The molecule has 0 radical (unpaired) electrons. The van der Waals surface area contributed by atoms with Crippen molar-refractivity contribution in [3.63, 3.8) is 0 Å². The first-order chi connectivity index (χ1) is 11.9. The van der Waals surface area contributed by atoms with Crippen LogP contribution in [0.15, 0.2) is 29.2 Å². The molecule has 2 saturated heterocycles. The van der Waals surface area contributed by atoms with E-state index in [1.54, 1.807) is 0 Å². The van der Waals surface area contributed by atoms with Gasteiger partial charge in [-0.25, -0.2) is 12.8 Å². The predicted molar refractivity (Wildman–Crippen MR) is 91.9 cm³/mol. The van der Waals surface area contributed by atoms with Gasteiger partial charge >= 0.3 is 0 Å². The molecule has 0 bridgehead atoms. The first kappa shape index (κ1) is 18.3. The number of rotatable bonds is 3. The highest BCUT2D eigenvalue weighted by molar-refractivity contribution is 7.89. The Morgan fingerprint density at radius 1 is 1.24 bits per heavy atom. The second-order valence-electron chi connectivity index (χ2n) is 6.74. The molecule has 6 nitrogen and oxygen atoms in total. The maximum Gasteiger partial charge on any atom is 0.243 e. The summed E-state index contributed by atoms with van der Waals surface area (Å²) in [5, 5.41) is 3.25. The molecule has 1 aromatic carbocycles. The van der Waals surface area contributed by atoms with Crippen LogP contribution >= 0.6 is 0 Å². The van der Waals surface area contributed by atoms with E-state index in [9.17, 15) is 17.6 Å². The van der Waals surface area contributed by atoms with Crippen LogP contribution in [-0.2, 0) is 14.8 Å². The lowest BCUT2D eigenvalue weighted by molar-refractivity contribution is -0.139. The van der Waals surface area contributed by atoms with E-state index in [0.29, 0.717) is 25.9 Å². The minimum absolute atomic E-state index is 0.0352. The highest BCUT2D eigenvalue weighted by Gasteiger charge is 2.36. The summed E-state index contributed by atoms with van der Waals surface area (Å²) in [7, 11) is -3.71. The van der Waals surface area contributed by atoms with Gasteiger partial charge in [-0.2, -0.15) is 4.31 Å². The largest absolute Gasteiger partial charge is 0.337 e. The van der Waals surface area contributed by atoms with Crippen molar-refractivity contribution in [3.8, 4) is 0 Å². The lowest BCUT2D eigenvalue weighted by Gasteiger charge is -2.39. The van der Waals surface area contributed by atoms with E-state index in [1.807, 2.05) is 11.8 Å². The van der Waals surface area contributed by atoms with Crippen LogP contribution in [0.2, 0.25) is 0 Å². The van der Waals surface area contributed by atoms with Crippen molar-refractivity contribution in [1.29, 1.82) is 0 Å². The molecule has 2 atom stereocenters. The lowest BCUT2D eigenvalue weighted by atomic mass is 9.97. The molecule has 2 aliphatic rings. The topological polar surface area (TPSA) is 69.7 Å². The standard InChI is InChI=1S/C17H24FN3O3S/c1-13-11-19-8-10-21(13)17(22)14-3-2-9-20(12-14)25(23,24)16-6-4-15(18)5-7-16/h4-7,13-14,19H,2-3,8-12H2,1H3/t13-,14?/m0/s1. The lowest BCUT2D eigenvalue weighted by Crippen LogP contribution is -2.55. The first-order valence-corrected chi connectivity index (χ1v) is 10.1. The van der Waals surface area contributed by atoms with Crippen LogP contribution in [-0.4, -0.2) is 62.3 Å². The zero-order chi connectivity index (χ0) is 18.0. The third-order valence-electron chi connectivity index (χ3n) is 4.97. The Bertz CT molecular complexity index is 723. The Morgan fingerprint density at radius 2 is 1.96 bits per heavy atom. The Hall–Kier alpha value is -1.51. The number of halogens is 1. The minimum Gasteiger partial charge on any atom is -0.337 e. The molecule has 1 aromatic rings. The number of amides is 1. The number of hydrogen-bond acceptors (Lipinski definition) is 4. The van der Waals surface area contributed by atoms with Crippen molar-refractivity contribution in [3.05, 3.63) is 30.1 Å². The summed E-state index contributed by atoms with van der Waals surface area (Å²) in [5.41, 5.74) is 0. The molecule has 2 fully saturated rings. The molecule has 3 rings (SSSR count). The van der Waals surface area contributed by atoms with E-state index in [1.165, 1.54) is 16.4 Å². The Kier molecular flexibility index (Phi) is 5.41. The summed E-state index contributed by atoms with van der Waals surface area (Å²) in [6.45, 7) is 4.76. The van der Waals surface area contributed by atoms with Gasteiger partial charge in [0.25, 0.3) is 0 Å². The van der Waals surface area contributed by atoms with E-state index in [-0.39, 0.29) is 29.3 Å². The van der Waals surface area contributed by atoms with Crippen LogP contribution in [0.5, 0.6) is 0 Å². The number of carbonyl (C=O) groups is 1. The smallest absolute Gasteiger partial charge is 0.243 e. The van der Waals surface area contributed by atoms with Crippen LogP contribution in [0, 0.1) is 11.7 Å². The zero-order valence-corrected chi connectivity index (χ0v) is 15.1. The Balaban J connectivity index is 1.74. The zero-order valence-electron chi connectivity index (χ0n) is 14.3. The van der Waals surface area contributed by atoms with E-state index < -0.39 is 15.8 Å². The SMILES string of the molecule is C[C@H]1CNCCN1C(=O)C1CCCN(S(=O)(=O)c2ccc(F)cc2)C1. The minimum atomic E-state index is -3.71. The molecule has 0 aromatic heterocycles. The van der Waals surface area contributed by atoms with Gasteiger partial charge in [-0.15, -0.1) is 0 Å². The average molecular weight is 369 g/mol. The van der Waals surface area contributed by atoms with Gasteiger partial charge in [0.05, 0.1) is 10.8 Å². The molecule has 0 spiro atoms. The van der Waals surface area contributed by atoms with Crippen molar-refractivity contribution >= 4 is 15.9 Å². The van der Waals surface area contributed by atoms with Crippen molar-refractivity contribution in [2.24, 2.45) is 5.92 Å². The number of piperidine rings is 1. The van der Waals surface area contributed by atoms with E-state index >= 15 is 0 Å². The summed E-state index contributed by atoms with van der Waals surface area (Å²) < 4.78 is 40.0. The highest BCUT2D eigenvalue weighted by atomic mass is 32.2. The van der Waals surface area contributed by atoms with E-state index in [4.69, 9.17) is 0 Å². The number of carbonyl (C=O) groups excluding carboxylic acids is 1. The fraction of sp³-hybridized carbons (Fsp3) is 0.588. The first-order valence-electron chi connectivity index (χ1n) is 8.66. The molecule has 2 aliphatic heterocycles. The normalized spacial score (nSPS) is 25.8.